The molecule has 0 aliphatic rings. The molecule has 0 spiro atoms. The minimum absolute atomic E-state index is 0.0147. The molecule has 0 atom stereocenters. The predicted octanol–water partition coefficient (Wildman–Crippen LogP) is 3.96. The predicted molar refractivity (Wildman–Crippen MR) is 85.9 cm³/mol. The van der Waals surface area contributed by atoms with E-state index in [1.165, 1.54) is 10.5 Å². The normalized spacial score (nSPS) is 11.6. The molecule has 0 aliphatic heterocycles. The third-order valence-electron chi connectivity index (χ3n) is 3.01. The van der Waals surface area contributed by atoms with Crippen molar-refractivity contribution < 1.29 is 0 Å². The molecule has 0 radical (unpaired) electrons. The molecule has 3 nitrogen and oxygen atoms in total. The molecule has 2 rings (SSSR count). The van der Waals surface area contributed by atoms with Crippen LogP contribution in [0.25, 0.3) is 0 Å². The van der Waals surface area contributed by atoms with Gasteiger partial charge in [0.2, 0.25) is 0 Å². The van der Waals surface area contributed by atoms with Gasteiger partial charge in [-0.3, -0.25) is 0 Å². The lowest BCUT2D eigenvalue weighted by atomic mass is 9.92. The van der Waals surface area contributed by atoms with E-state index in [4.69, 9.17) is 5.73 Å². The number of hydrogen-bond donors (Lipinski definition) is 1. The Hall–Kier alpha value is -1.55. The first kappa shape index (κ1) is 14.9. The van der Waals surface area contributed by atoms with Crippen molar-refractivity contribution in [1.82, 2.24) is 9.97 Å². The summed E-state index contributed by atoms with van der Waals surface area (Å²) in [6, 6.07) is 10.2. The summed E-state index contributed by atoms with van der Waals surface area (Å²) in [6.45, 7) is 8.51. The number of hydrogen-bond acceptors (Lipinski definition) is 4. The number of anilines is 1. The molecule has 1 aromatic carbocycles. The third kappa shape index (κ3) is 3.73. The zero-order valence-electron chi connectivity index (χ0n) is 12.5. The molecule has 0 fully saturated rings. The van der Waals surface area contributed by atoms with Gasteiger partial charge in [-0.2, -0.15) is 0 Å². The van der Waals surface area contributed by atoms with Crippen LogP contribution in [-0.4, -0.2) is 9.97 Å². The Kier molecular flexibility index (Phi) is 4.33. The molecule has 0 amide bonds. The van der Waals surface area contributed by atoms with Crippen LogP contribution in [0.4, 0.5) is 5.82 Å². The van der Waals surface area contributed by atoms with Gasteiger partial charge in [-0.05, 0) is 18.6 Å². The quantitative estimate of drug-likeness (QED) is 0.868. The van der Waals surface area contributed by atoms with Crippen molar-refractivity contribution in [2.45, 2.75) is 43.8 Å². The fourth-order valence-electron chi connectivity index (χ4n) is 1.83. The smallest absolute Gasteiger partial charge is 0.141 e. The number of nitrogen functional groups attached to an aromatic ring is 1. The average Bonchev–Trinajstić information content (AvgIpc) is 2.36. The first-order valence-electron chi connectivity index (χ1n) is 6.68. The van der Waals surface area contributed by atoms with Crippen molar-refractivity contribution >= 4 is 17.6 Å². The lowest BCUT2D eigenvalue weighted by molar-refractivity contribution is 0.564. The van der Waals surface area contributed by atoms with E-state index in [9.17, 15) is 0 Å². The second-order valence-electron chi connectivity index (χ2n) is 5.90. The highest BCUT2D eigenvalue weighted by Crippen LogP contribution is 2.26. The van der Waals surface area contributed by atoms with Crippen LogP contribution in [0.15, 0.2) is 35.2 Å². The van der Waals surface area contributed by atoms with Gasteiger partial charge in [0.05, 0.1) is 11.4 Å². The minimum atomic E-state index is -0.0147. The van der Waals surface area contributed by atoms with Crippen LogP contribution >= 0.6 is 11.8 Å². The molecule has 2 N–H and O–H groups in total. The third-order valence-corrected chi connectivity index (χ3v) is 4.18. The van der Waals surface area contributed by atoms with Gasteiger partial charge < -0.3 is 5.73 Å². The lowest BCUT2D eigenvalue weighted by Crippen LogP contribution is -2.16. The van der Waals surface area contributed by atoms with E-state index >= 15 is 0 Å². The van der Waals surface area contributed by atoms with E-state index in [-0.39, 0.29) is 5.41 Å². The topological polar surface area (TPSA) is 51.8 Å². The highest BCUT2D eigenvalue weighted by Gasteiger charge is 2.17. The van der Waals surface area contributed by atoms with Gasteiger partial charge in [0.25, 0.3) is 0 Å². The van der Waals surface area contributed by atoms with E-state index in [0.29, 0.717) is 5.82 Å². The second-order valence-corrected chi connectivity index (χ2v) is 6.92. The number of rotatable bonds is 3. The van der Waals surface area contributed by atoms with E-state index in [2.05, 4.69) is 55.9 Å². The van der Waals surface area contributed by atoms with E-state index in [1.807, 2.05) is 12.1 Å². The standard InChI is InChI=1S/C16H21N3S/c1-11-7-5-6-8-12(11)20-10-15-18-13(16(2,3)4)9-14(17)19-15/h5-9H,10H2,1-4H3,(H2,17,18,19). The average molecular weight is 287 g/mol. The maximum Gasteiger partial charge on any atom is 0.141 e. The summed E-state index contributed by atoms with van der Waals surface area (Å²) in [7, 11) is 0. The van der Waals surface area contributed by atoms with Crippen LogP contribution in [0.2, 0.25) is 0 Å². The molecular formula is C16H21N3S. The zero-order chi connectivity index (χ0) is 14.8. The summed E-state index contributed by atoms with van der Waals surface area (Å²) >= 11 is 1.75. The fourth-order valence-corrected chi connectivity index (χ4v) is 2.71. The Balaban J connectivity index is 2.18. The minimum Gasteiger partial charge on any atom is -0.384 e. The van der Waals surface area contributed by atoms with Crippen LogP contribution in [0.5, 0.6) is 0 Å². The Labute approximate surface area is 125 Å². The number of benzene rings is 1. The Bertz CT molecular complexity index is 603. The van der Waals surface area contributed by atoms with Gasteiger partial charge >= 0.3 is 0 Å². The summed E-state index contributed by atoms with van der Waals surface area (Å²) in [5, 5.41) is 0. The van der Waals surface area contributed by atoms with Crippen molar-refractivity contribution in [3.63, 3.8) is 0 Å². The SMILES string of the molecule is Cc1ccccc1SCc1nc(N)cc(C(C)(C)C)n1. The lowest BCUT2D eigenvalue weighted by Gasteiger charge is -2.18. The summed E-state index contributed by atoms with van der Waals surface area (Å²) in [4.78, 5) is 10.2. The van der Waals surface area contributed by atoms with E-state index in [1.54, 1.807) is 11.8 Å². The van der Waals surface area contributed by atoms with Gasteiger partial charge in [0.1, 0.15) is 11.6 Å². The Morgan fingerprint density at radius 2 is 1.85 bits per heavy atom. The molecule has 1 aromatic heterocycles. The van der Waals surface area contributed by atoms with Gasteiger partial charge in [-0.1, -0.05) is 39.0 Å². The van der Waals surface area contributed by atoms with Crippen molar-refractivity contribution in [2.75, 3.05) is 5.73 Å². The highest BCUT2D eigenvalue weighted by molar-refractivity contribution is 7.98. The summed E-state index contributed by atoms with van der Waals surface area (Å²) < 4.78 is 0. The molecule has 2 aromatic rings. The van der Waals surface area contributed by atoms with Crippen LogP contribution in [0, 0.1) is 6.92 Å². The number of aromatic nitrogens is 2. The van der Waals surface area contributed by atoms with Crippen LogP contribution in [0.1, 0.15) is 37.9 Å². The van der Waals surface area contributed by atoms with Crippen molar-refractivity contribution in [3.8, 4) is 0 Å². The molecule has 0 saturated heterocycles. The summed E-state index contributed by atoms with van der Waals surface area (Å²) in [5.41, 5.74) is 8.15. The molecular weight excluding hydrogens is 266 g/mol. The maximum absolute atomic E-state index is 5.89. The number of aryl methyl sites for hydroxylation is 1. The molecule has 0 bridgehead atoms. The van der Waals surface area contributed by atoms with E-state index in [0.717, 1.165) is 17.3 Å². The number of nitrogens with zero attached hydrogens (tertiary/aromatic N) is 2. The van der Waals surface area contributed by atoms with Crippen molar-refractivity contribution in [3.05, 3.63) is 47.4 Å². The van der Waals surface area contributed by atoms with Crippen LogP contribution in [0.3, 0.4) is 0 Å². The maximum atomic E-state index is 5.89. The fraction of sp³-hybridized carbons (Fsp3) is 0.375. The van der Waals surface area contributed by atoms with Gasteiger partial charge in [0, 0.05) is 16.4 Å². The first-order valence-corrected chi connectivity index (χ1v) is 7.67. The van der Waals surface area contributed by atoms with Crippen molar-refractivity contribution in [2.24, 2.45) is 0 Å². The summed E-state index contributed by atoms with van der Waals surface area (Å²) in [5.74, 6) is 2.08. The monoisotopic (exact) mass is 287 g/mol. The molecule has 0 unspecified atom stereocenters. The van der Waals surface area contributed by atoms with Crippen LogP contribution in [-0.2, 0) is 11.2 Å². The summed E-state index contributed by atoms with van der Waals surface area (Å²) in [6.07, 6.45) is 0. The largest absolute Gasteiger partial charge is 0.384 e. The van der Waals surface area contributed by atoms with Crippen LogP contribution < -0.4 is 5.73 Å². The highest BCUT2D eigenvalue weighted by atomic mass is 32.2. The number of thioether (sulfide) groups is 1. The van der Waals surface area contributed by atoms with Gasteiger partial charge in [0.15, 0.2) is 0 Å². The van der Waals surface area contributed by atoms with Crippen molar-refractivity contribution in [1.29, 1.82) is 0 Å². The molecule has 0 aliphatic carbocycles. The Morgan fingerprint density at radius 3 is 2.50 bits per heavy atom. The number of nitrogens with two attached hydrogens (primary N) is 1. The molecule has 4 heteroatoms. The first-order chi connectivity index (χ1) is 9.36. The molecule has 0 saturated carbocycles. The molecule has 106 valence electrons. The Morgan fingerprint density at radius 1 is 1.15 bits per heavy atom. The second kappa shape index (κ2) is 5.83. The van der Waals surface area contributed by atoms with Gasteiger partial charge in [-0.25, -0.2) is 9.97 Å². The zero-order valence-corrected chi connectivity index (χ0v) is 13.3. The van der Waals surface area contributed by atoms with E-state index < -0.39 is 0 Å². The molecule has 1 heterocycles. The molecule has 20 heavy (non-hydrogen) atoms. The van der Waals surface area contributed by atoms with Gasteiger partial charge in [-0.15, -0.1) is 11.8 Å².